The zero-order valence-corrected chi connectivity index (χ0v) is 14.6. The molecule has 0 amide bonds. The molecule has 1 N–H and O–H groups in total. The summed E-state index contributed by atoms with van der Waals surface area (Å²) in [4.78, 5) is 14.9. The minimum absolute atomic E-state index is 0.115. The molecule has 0 aliphatic carbocycles. The third-order valence-corrected chi connectivity index (χ3v) is 4.51. The van der Waals surface area contributed by atoms with Crippen LogP contribution in [0, 0.1) is 5.92 Å². The highest BCUT2D eigenvalue weighted by Crippen LogP contribution is 2.23. The van der Waals surface area contributed by atoms with Crippen LogP contribution in [0.1, 0.15) is 60.3 Å². The lowest BCUT2D eigenvalue weighted by Gasteiger charge is -2.39. The summed E-state index contributed by atoms with van der Waals surface area (Å²) in [5.74, 6) is 0.647. The lowest BCUT2D eigenvalue weighted by molar-refractivity contribution is -0.151. The summed E-state index contributed by atoms with van der Waals surface area (Å²) < 4.78 is 5.29. The first-order valence-corrected chi connectivity index (χ1v) is 8.59. The van der Waals surface area contributed by atoms with E-state index < -0.39 is 5.54 Å². The molecular formula is C17H34N2O2. The molecule has 1 saturated heterocycles. The summed E-state index contributed by atoms with van der Waals surface area (Å²) in [5, 5.41) is 3.41. The Bertz CT molecular complexity index is 322. The van der Waals surface area contributed by atoms with Crippen molar-refractivity contribution in [2.75, 3.05) is 26.2 Å². The number of carbonyl (C=O) groups is 1. The van der Waals surface area contributed by atoms with E-state index in [9.17, 15) is 4.79 Å². The molecule has 0 radical (unpaired) electrons. The van der Waals surface area contributed by atoms with Gasteiger partial charge in [0.25, 0.3) is 0 Å². The number of esters is 1. The van der Waals surface area contributed by atoms with E-state index in [1.807, 2.05) is 13.8 Å². The molecule has 0 aromatic carbocycles. The second-order valence-corrected chi connectivity index (χ2v) is 6.77. The van der Waals surface area contributed by atoms with Crippen LogP contribution in [0.2, 0.25) is 0 Å². The lowest BCUT2D eigenvalue weighted by atomic mass is 9.90. The molecule has 1 fully saturated rings. The highest BCUT2D eigenvalue weighted by molar-refractivity contribution is 5.80. The van der Waals surface area contributed by atoms with Crippen LogP contribution in [-0.4, -0.2) is 48.7 Å². The van der Waals surface area contributed by atoms with Crippen LogP contribution in [0.25, 0.3) is 0 Å². The van der Waals surface area contributed by atoms with Gasteiger partial charge in [0, 0.05) is 12.6 Å². The van der Waals surface area contributed by atoms with Gasteiger partial charge in [-0.1, -0.05) is 13.8 Å². The van der Waals surface area contributed by atoms with E-state index in [1.54, 1.807) is 0 Å². The van der Waals surface area contributed by atoms with Crippen molar-refractivity contribution in [3.05, 3.63) is 0 Å². The third-order valence-electron chi connectivity index (χ3n) is 4.51. The van der Waals surface area contributed by atoms with Gasteiger partial charge >= 0.3 is 5.97 Å². The molecule has 1 heterocycles. The highest BCUT2D eigenvalue weighted by Gasteiger charge is 2.37. The van der Waals surface area contributed by atoms with E-state index in [2.05, 4.69) is 31.0 Å². The van der Waals surface area contributed by atoms with E-state index >= 15 is 0 Å². The number of hydrogen-bond donors (Lipinski definition) is 1. The molecule has 21 heavy (non-hydrogen) atoms. The Morgan fingerprint density at radius 2 is 2.19 bits per heavy atom. The Balaban J connectivity index is 2.67. The maximum atomic E-state index is 12.4. The van der Waals surface area contributed by atoms with Gasteiger partial charge in [0.2, 0.25) is 0 Å². The van der Waals surface area contributed by atoms with Crippen LogP contribution in [0.5, 0.6) is 0 Å². The van der Waals surface area contributed by atoms with Gasteiger partial charge in [0.15, 0.2) is 0 Å². The molecular weight excluding hydrogens is 264 g/mol. The van der Waals surface area contributed by atoms with E-state index in [0.717, 1.165) is 38.4 Å². The molecule has 1 aliphatic rings. The Morgan fingerprint density at radius 3 is 2.76 bits per heavy atom. The summed E-state index contributed by atoms with van der Waals surface area (Å²) in [5.41, 5.74) is -0.577. The fourth-order valence-electron chi connectivity index (χ4n) is 3.26. The van der Waals surface area contributed by atoms with E-state index in [-0.39, 0.29) is 5.97 Å². The zero-order valence-electron chi connectivity index (χ0n) is 14.6. The van der Waals surface area contributed by atoms with Gasteiger partial charge in [0.1, 0.15) is 5.54 Å². The summed E-state index contributed by atoms with van der Waals surface area (Å²) in [6, 6.07) is 0.395. The first-order valence-electron chi connectivity index (χ1n) is 8.59. The van der Waals surface area contributed by atoms with Crippen molar-refractivity contribution in [3.8, 4) is 0 Å². The first kappa shape index (κ1) is 18.4. The van der Waals surface area contributed by atoms with Crippen LogP contribution in [0.4, 0.5) is 0 Å². The molecule has 0 aromatic rings. The smallest absolute Gasteiger partial charge is 0.326 e. The Morgan fingerprint density at radius 1 is 1.48 bits per heavy atom. The molecule has 3 unspecified atom stereocenters. The lowest BCUT2D eigenvalue weighted by Crippen LogP contribution is -2.55. The molecule has 1 aliphatic heterocycles. The number of piperidine rings is 1. The zero-order chi connectivity index (χ0) is 15.9. The number of nitrogens with zero attached hydrogens (tertiary/aromatic N) is 1. The Hall–Kier alpha value is -0.610. The summed E-state index contributed by atoms with van der Waals surface area (Å²) in [7, 11) is 0. The molecule has 0 spiro atoms. The molecule has 124 valence electrons. The van der Waals surface area contributed by atoms with Crippen LogP contribution in [0.3, 0.4) is 0 Å². The molecule has 0 aromatic heterocycles. The quantitative estimate of drug-likeness (QED) is 0.700. The monoisotopic (exact) mass is 298 g/mol. The standard InChI is InChI=1S/C17H34N2O2/c1-6-10-18-17(5,16(20)21-7-2)12-15(4)19-11-8-9-14(3)13-19/h14-15,18H,6-13H2,1-5H3. The predicted molar refractivity (Wildman–Crippen MR) is 87.4 cm³/mol. The molecule has 4 heteroatoms. The van der Waals surface area contributed by atoms with Crippen molar-refractivity contribution in [2.24, 2.45) is 5.92 Å². The molecule has 3 atom stereocenters. The van der Waals surface area contributed by atoms with Crippen molar-refractivity contribution < 1.29 is 9.53 Å². The van der Waals surface area contributed by atoms with Crippen LogP contribution < -0.4 is 5.32 Å². The van der Waals surface area contributed by atoms with Gasteiger partial charge in [-0.05, 0) is 65.5 Å². The Kier molecular flexibility index (Phi) is 7.67. The fourth-order valence-corrected chi connectivity index (χ4v) is 3.26. The normalized spacial score (nSPS) is 24.3. The van der Waals surface area contributed by atoms with Gasteiger partial charge in [-0.25, -0.2) is 0 Å². The highest BCUT2D eigenvalue weighted by atomic mass is 16.5. The van der Waals surface area contributed by atoms with Crippen LogP contribution in [0.15, 0.2) is 0 Å². The molecule has 0 saturated carbocycles. The third kappa shape index (κ3) is 5.59. The maximum absolute atomic E-state index is 12.4. The SMILES string of the molecule is CCCNC(C)(CC(C)N1CCCC(C)C1)C(=O)OCC. The average molecular weight is 298 g/mol. The number of carbonyl (C=O) groups excluding carboxylic acids is 1. The first-order chi connectivity index (χ1) is 9.92. The summed E-state index contributed by atoms with van der Waals surface area (Å²) in [6.07, 6.45) is 4.42. The number of hydrogen-bond acceptors (Lipinski definition) is 4. The molecule has 0 bridgehead atoms. The van der Waals surface area contributed by atoms with Gasteiger partial charge < -0.3 is 15.0 Å². The van der Waals surface area contributed by atoms with E-state index in [4.69, 9.17) is 4.74 Å². The van der Waals surface area contributed by atoms with Gasteiger partial charge in [0.05, 0.1) is 6.61 Å². The van der Waals surface area contributed by atoms with E-state index in [0.29, 0.717) is 12.6 Å². The number of rotatable bonds is 8. The average Bonchev–Trinajstić information content (AvgIpc) is 2.45. The van der Waals surface area contributed by atoms with Crippen molar-refractivity contribution in [2.45, 2.75) is 71.9 Å². The van der Waals surface area contributed by atoms with Crippen molar-refractivity contribution in [3.63, 3.8) is 0 Å². The van der Waals surface area contributed by atoms with Gasteiger partial charge in [-0.2, -0.15) is 0 Å². The second kappa shape index (κ2) is 8.74. The largest absolute Gasteiger partial charge is 0.465 e. The minimum Gasteiger partial charge on any atom is -0.465 e. The predicted octanol–water partition coefficient (Wildman–Crippen LogP) is 2.82. The molecule has 4 nitrogen and oxygen atoms in total. The summed E-state index contributed by atoms with van der Waals surface area (Å²) >= 11 is 0. The van der Waals surface area contributed by atoms with Gasteiger partial charge in [-0.15, -0.1) is 0 Å². The van der Waals surface area contributed by atoms with Crippen molar-refractivity contribution >= 4 is 5.97 Å². The van der Waals surface area contributed by atoms with Crippen molar-refractivity contribution in [1.29, 1.82) is 0 Å². The number of ether oxygens (including phenoxy) is 1. The Labute approximate surface area is 130 Å². The number of likely N-dealkylation sites (tertiary alicyclic amines) is 1. The van der Waals surface area contributed by atoms with Crippen molar-refractivity contribution in [1.82, 2.24) is 10.2 Å². The molecule has 1 rings (SSSR count). The second-order valence-electron chi connectivity index (χ2n) is 6.77. The maximum Gasteiger partial charge on any atom is 0.326 e. The summed E-state index contributed by atoms with van der Waals surface area (Å²) in [6.45, 7) is 14.1. The fraction of sp³-hybridized carbons (Fsp3) is 0.941. The minimum atomic E-state index is -0.577. The van der Waals surface area contributed by atoms with Crippen LogP contribution in [-0.2, 0) is 9.53 Å². The topological polar surface area (TPSA) is 41.6 Å². The number of nitrogens with one attached hydrogen (secondary N) is 1. The van der Waals surface area contributed by atoms with E-state index in [1.165, 1.54) is 12.8 Å². The van der Waals surface area contributed by atoms with Crippen LogP contribution >= 0.6 is 0 Å². The van der Waals surface area contributed by atoms with Gasteiger partial charge in [-0.3, -0.25) is 4.79 Å².